The van der Waals surface area contributed by atoms with Gasteiger partial charge in [-0.2, -0.15) is 4.68 Å². The molecule has 0 fully saturated rings. The molecule has 12 heteroatoms. The lowest BCUT2D eigenvalue weighted by molar-refractivity contribution is -0.147. The molecule has 0 aliphatic carbocycles. The summed E-state index contributed by atoms with van der Waals surface area (Å²) < 4.78 is 15.8. The molecule has 10 nitrogen and oxygen atoms in total. The average molecular weight is 466 g/mol. The van der Waals surface area contributed by atoms with Gasteiger partial charge in [0.05, 0.1) is 30.5 Å². The van der Waals surface area contributed by atoms with E-state index in [1.54, 1.807) is 19.1 Å². The van der Waals surface area contributed by atoms with E-state index in [1.165, 1.54) is 29.8 Å². The van der Waals surface area contributed by atoms with Crippen molar-refractivity contribution in [2.24, 2.45) is 0 Å². The zero-order valence-electron chi connectivity index (χ0n) is 16.9. The molecule has 0 aromatic carbocycles. The van der Waals surface area contributed by atoms with Crippen molar-refractivity contribution >= 4 is 45.5 Å². The molecule has 3 aromatic rings. The molecule has 164 valence electrons. The normalized spacial score (nSPS) is 10.7. The summed E-state index contributed by atoms with van der Waals surface area (Å²) in [5, 5.41) is 8.76. The summed E-state index contributed by atoms with van der Waals surface area (Å²) in [6.07, 6.45) is -0.172. The smallest absolute Gasteiger partial charge is 0.437 e. The number of methoxy groups -OCH3 is 1. The average Bonchev–Trinajstić information content (AvgIpc) is 3.45. The monoisotopic (exact) mass is 465 g/mol. The minimum Gasteiger partial charge on any atom is -0.465 e. The number of nitrogens with one attached hydrogen (secondary N) is 1. The highest BCUT2D eigenvalue weighted by atomic mass is 32.1. The van der Waals surface area contributed by atoms with Crippen LogP contribution in [0.1, 0.15) is 27.2 Å². The highest BCUT2D eigenvalue weighted by Crippen LogP contribution is 2.32. The molecule has 0 saturated carbocycles. The SMILES string of the molecule is COC(=O)c1c(NC(=O)COC(=O)CCn2nc(-c3cccs3)oc2=O)sc(C)c1C. The van der Waals surface area contributed by atoms with E-state index in [4.69, 9.17) is 13.9 Å². The number of nitrogens with zero attached hydrogens (tertiary/aromatic N) is 2. The van der Waals surface area contributed by atoms with Gasteiger partial charge in [0.2, 0.25) is 0 Å². The predicted molar refractivity (Wildman–Crippen MR) is 113 cm³/mol. The fourth-order valence-electron chi connectivity index (χ4n) is 2.59. The van der Waals surface area contributed by atoms with Crippen LogP contribution in [0.25, 0.3) is 10.8 Å². The van der Waals surface area contributed by atoms with Gasteiger partial charge in [0.1, 0.15) is 5.00 Å². The summed E-state index contributed by atoms with van der Waals surface area (Å²) in [7, 11) is 1.26. The van der Waals surface area contributed by atoms with Gasteiger partial charge in [0, 0.05) is 4.88 Å². The topological polar surface area (TPSA) is 130 Å². The summed E-state index contributed by atoms with van der Waals surface area (Å²) >= 11 is 2.60. The molecule has 3 rings (SSSR count). The van der Waals surface area contributed by atoms with Crippen molar-refractivity contribution in [3.05, 3.63) is 44.1 Å². The van der Waals surface area contributed by atoms with E-state index in [0.717, 1.165) is 9.56 Å². The molecule has 0 atom stereocenters. The number of aryl methyl sites for hydroxylation is 2. The van der Waals surface area contributed by atoms with E-state index in [0.29, 0.717) is 15.4 Å². The number of esters is 2. The van der Waals surface area contributed by atoms with Crippen molar-refractivity contribution in [3.8, 4) is 10.8 Å². The molecule has 0 aliphatic rings. The van der Waals surface area contributed by atoms with Crippen LogP contribution in [0.2, 0.25) is 0 Å². The number of carbonyl (C=O) groups excluding carboxylic acids is 3. The van der Waals surface area contributed by atoms with Crippen LogP contribution in [-0.2, 0) is 25.6 Å². The number of hydrogen-bond donors (Lipinski definition) is 1. The number of thiophene rings is 2. The highest BCUT2D eigenvalue weighted by Gasteiger charge is 2.22. The van der Waals surface area contributed by atoms with Crippen LogP contribution < -0.4 is 11.1 Å². The van der Waals surface area contributed by atoms with E-state index in [-0.39, 0.29) is 24.4 Å². The maximum absolute atomic E-state index is 12.1. The second kappa shape index (κ2) is 9.71. The standard InChI is InChI=1S/C19H19N3O7S2/c1-10-11(2)31-17(15(10)18(25)27-3)20-13(23)9-28-14(24)6-7-22-19(26)29-16(21-22)12-5-4-8-30-12/h4-5,8H,6-7,9H2,1-3H3,(H,20,23). The number of aromatic nitrogens is 2. The van der Waals surface area contributed by atoms with Gasteiger partial charge in [-0.05, 0) is 30.9 Å². The van der Waals surface area contributed by atoms with E-state index < -0.39 is 30.2 Å². The Kier molecular flexibility index (Phi) is 7.02. The van der Waals surface area contributed by atoms with Crippen LogP contribution in [0.15, 0.2) is 26.7 Å². The Morgan fingerprint density at radius 2 is 2.06 bits per heavy atom. The Hall–Kier alpha value is -3.25. The van der Waals surface area contributed by atoms with Gasteiger partial charge in [-0.1, -0.05) is 6.07 Å². The molecule has 0 bridgehead atoms. The predicted octanol–water partition coefficient (Wildman–Crippen LogP) is 2.60. The lowest BCUT2D eigenvalue weighted by Crippen LogP contribution is -2.23. The van der Waals surface area contributed by atoms with Crippen LogP contribution in [-0.4, -0.2) is 41.3 Å². The summed E-state index contributed by atoms with van der Waals surface area (Å²) in [5.41, 5.74) is 0.987. The highest BCUT2D eigenvalue weighted by molar-refractivity contribution is 7.16. The summed E-state index contributed by atoms with van der Waals surface area (Å²) in [5.74, 6) is -2.36. The van der Waals surface area contributed by atoms with E-state index in [1.807, 2.05) is 12.3 Å². The maximum atomic E-state index is 12.1. The lowest BCUT2D eigenvalue weighted by atomic mass is 10.1. The van der Waals surface area contributed by atoms with Crippen molar-refractivity contribution in [2.45, 2.75) is 26.8 Å². The number of hydrogen-bond acceptors (Lipinski definition) is 10. The molecule has 0 aliphatic heterocycles. The molecular formula is C19H19N3O7S2. The molecule has 1 N–H and O–H groups in total. The van der Waals surface area contributed by atoms with Gasteiger partial charge in [0.25, 0.3) is 11.8 Å². The first-order valence-corrected chi connectivity index (χ1v) is 10.8. The summed E-state index contributed by atoms with van der Waals surface area (Å²) in [6, 6.07) is 3.56. The van der Waals surface area contributed by atoms with Crippen LogP contribution in [0.4, 0.5) is 5.00 Å². The molecule has 0 saturated heterocycles. The number of ether oxygens (including phenoxy) is 2. The van der Waals surface area contributed by atoms with Crippen LogP contribution in [0.3, 0.4) is 0 Å². The maximum Gasteiger partial charge on any atom is 0.437 e. The Labute approximate surface area is 184 Å². The molecule has 3 heterocycles. The minimum absolute atomic E-state index is 0.0516. The Balaban J connectivity index is 1.52. The third-order valence-corrected chi connectivity index (χ3v) is 6.24. The second-order valence-corrected chi connectivity index (χ2v) is 8.48. The number of carbonyl (C=O) groups is 3. The van der Waals surface area contributed by atoms with Crippen molar-refractivity contribution in [2.75, 3.05) is 19.0 Å². The lowest BCUT2D eigenvalue weighted by Gasteiger charge is -2.07. The van der Waals surface area contributed by atoms with Gasteiger partial charge in [-0.15, -0.1) is 27.8 Å². The largest absolute Gasteiger partial charge is 0.465 e. The molecular weight excluding hydrogens is 446 g/mol. The third kappa shape index (κ3) is 5.27. The molecule has 0 unspecified atom stereocenters. The van der Waals surface area contributed by atoms with Crippen LogP contribution in [0, 0.1) is 13.8 Å². The van der Waals surface area contributed by atoms with Gasteiger partial charge in [-0.3, -0.25) is 9.59 Å². The number of rotatable bonds is 8. The molecule has 3 aromatic heterocycles. The quantitative estimate of drug-likeness (QED) is 0.503. The Morgan fingerprint density at radius 1 is 1.29 bits per heavy atom. The van der Waals surface area contributed by atoms with Crippen molar-refractivity contribution in [1.29, 1.82) is 0 Å². The summed E-state index contributed by atoms with van der Waals surface area (Å²) in [4.78, 5) is 49.4. The van der Waals surface area contributed by atoms with Gasteiger partial charge in [0.15, 0.2) is 6.61 Å². The number of anilines is 1. The second-order valence-electron chi connectivity index (χ2n) is 6.31. The zero-order chi connectivity index (χ0) is 22.5. The third-order valence-electron chi connectivity index (χ3n) is 4.26. The zero-order valence-corrected chi connectivity index (χ0v) is 18.6. The van der Waals surface area contributed by atoms with Crippen molar-refractivity contribution in [3.63, 3.8) is 0 Å². The molecule has 1 amide bonds. The number of amides is 1. The van der Waals surface area contributed by atoms with Crippen molar-refractivity contribution in [1.82, 2.24) is 9.78 Å². The van der Waals surface area contributed by atoms with Crippen molar-refractivity contribution < 1.29 is 28.3 Å². The Morgan fingerprint density at radius 3 is 2.74 bits per heavy atom. The molecule has 0 spiro atoms. The van der Waals surface area contributed by atoms with E-state index >= 15 is 0 Å². The first-order chi connectivity index (χ1) is 14.8. The molecule has 31 heavy (non-hydrogen) atoms. The molecule has 0 radical (unpaired) electrons. The Bertz CT molecular complexity index is 1160. The van der Waals surface area contributed by atoms with Crippen LogP contribution in [0.5, 0.6) is 0 Å². The first kappa shape index (κ1) is 22.4. The minimum atomic E-state index is -0.687. The summed E-state index contributed by atoms with van der Waals surface area (Å²) in [6.45, 7) is 2.98. The van der Waals surface area contributed by atoms with E-state index in [2.05, 4.69) is 10.4 Å². The van der Waals surface area contributed by atoms with Gasteiger partial charge < -0.3 is 19.2 Å². The van der Waals surface area contributed by atoms with E-state index in [9.17, 15) is 19.2 Å². The van der Waals surface area contributed by atoms with Gasteiger partial charge >= 0.3 is 17.7 Å². The van der Waals surface area contributed by atoms with Crippen LogP contribution >= 0.6 is 22.7 Å². The van der Waals surface area contributed by atoms with Gasteiger partial charge in [-0.25, -0.2) is 9.59 Å². The fraction of sp³-hybridized carbons (Fsp3) is 0.316. The first-order valence-electron chi connectivity index (χ1n) is 9.05. The fourth-order valence-corrected chi connectivity index (χ4v) is 4.30.